The van der Waals surface area contributed by atoms with Gasteiger partial charge in [0.25, 0.3) is 5.91 Å². The summed E-state index contributed by atoms with van der Waals surface area (Å²) in [6, 6.07) is 15.0. The van der Waals surface area contributed by atoms with E-state index in [0.29, 0.717) is 16.3 Å². The van der Waals surface area contributed by atoms with Gasteiger partial charge in [-0.25, -0.2) is 9.07 Å². The fourth-order valence-corrected chi connectivity index (χ4v) is 3.47. The Labute approximate surface area is 171 Å². The number of hydrogen-bond acceptors (Lipinski definition) is 3. The van der Waals surface area contributed by atoms with Gasteiger partial charge in [0.1, 0.15) is 0 Å². The first-order valence-corrected chi connectivity index (χ1v) is 9.21. The Kier molecular flexibility index (Phi) is 4.72. The smallest absolute Gasteiger partial charge is 0.253 e. The largest absolute Gasteiger partial charge is 0.505 e. The van der Waals surface area contributed by atoms with E-state index in [0.717, 1.165) is 22.0 Å². The Morgan fingerprint density at radius 3 is 2.59 bits per heavy atom. The summed E-state index contributed by atoms with van der Waals surface area (Å²) >= 11 is 6.44. The molecule has 0 fully saturated rings. The first kappa shape index (κ1) is 19.0. The molecule has 0 spiro atoms. The van der Waals surface area contributed by atoms with Gasteiger partial charge in [-0.2, -0.15) is 5.10 Å². The summed E-state index contributed by atoms with van der Waals surface area (Å²) in [5, 5.41) is 15.3. The van der Waals surface area contributed by atoms with Crippen molar-refractivity contribution in [2.45, 2.75) is 0 Å². The molecule has 0 unspecified atom stereocenters. The molecule has 4 rings (SSSR count). The van der Waals surface area contributed by atoms with E-state index in [1.807, 2.05) is 24.3 Å². The van der Waals surface area contributed by atoms with Crippen molar-refractivity contribution >= 4 is 28.4 Å². The van der Waals surface area contributed by atoms with Crippen LogP contribution in [0, 0.1) is 5.82 Å². The number of halogens is 2. The number of phenols is 1. The molecule has 0 saturated carbocycles. The molecule has 1 N–H and O–H groups in total. The lowest BCUT2D eigenvalue weighted by molar-refractivity contribution is 0.0827. The van der Waals surface area contributed by atoms with Gasteiger partial charge < -0.3 is 10.0 Å². The first-order chi connectivity index (χ1) is 13.8. The average molecular weight is 410 g/mol. The van der Waals surface area contributed by atoms with E-state index in [4.69, 9.17) is 11.6 Å². The van der Waals surface area contributed by atoms with Gasteiger partial charge in [0.2, 0.25) is 0 Å². The van der Waals surface area contributed by atoms with Gasteiger partial charge in [0, 0.05) is 41.7 Å². The Hall–Kier alpha value is -3.38. The molecule has 0 aliphatic carbocycles. The van der Waals surface area contributed by atoms with Crippen molar-refractivity contribution in [1.29, 1.82) is 0 Å². The molecule has 1 aromatic heterocycles. The third-order valence-electron chi connectivity index (χ3n) is 4.68. The Morgan fingerprint density at radius 1 is 1.10 bits per heavy atom. The molecule has 3 aromatic carbocycles. The maximum Gasteiger partial charge on any atom is 0.253 e. The second-order valence-electron chi connectivity index (χ2n) is 6.86. The summed E-state index contributed by atoms with van der Waals surface area (Å²) in [7, 11) is 3.38. The minimum Gasteiger partial charge on any atom is -0.505 e. The summed E-state index contributed by atoms with van der Waals surface area (Å²) in [6.45, 7) is 0. The lowest BCUT2D eigenvalue weighted by atomic mass is 10.0. The number of fused-ring (bicyclic) bond motifs is 1. The van der Waals surface area contributed by atoms with Crippen molar-refractivity contribution in [2.75, 3.05) is 14.1 Å². The van der Waals surface area contributed by atoms with Crippen LogP contribution in [0.1, 0.15) is 10.4 Å². The van der Waals surface area contributed by atoms with E-state index >= 15 is 0 Å². The number of aromatic nitrogens is 2. The molecule has 29 heavy (non-hydrogen) atoms. The molecule has 1 heterocycles. The van der Waals surface area contributed by atoms with E-state index in [9.17, 15) is 14.3 Å². The van der Waals surface area contributed by atoms with Gasteiger partial charge in [0.15, 0.2) is 11.6 Å². The summed E-state index contributed by atoms with van der Waals surface area (Å²) < 4.78 is 15.0. The third kappa shape index (κ3) is 3.43. The second-order valence-corrected chi connectivity index (χ2v) is 7.27. The average Bonchev–Trinajstić information content (AvgIpc) is 3.12. The van der Waals surface area contributed by atoms with E-state index in [1.165, 1.54) is 17.0 Å². The standard InChI is InChI=1S/C22H17ClFN3O2/c1-26(2)22(29)14-3-6-17(18(23)10-14)13-4-8-20-15(9-13)12-25-27(20)16-5-7-19(24)21(28)11-16/h3-12,28H,1-2H3. The van der Waals surface area contributed by atoms with Crippen LogP contribution in [-0.2, 0) is 0 Å². The number of phenolic OH excluding ortho intramolecular Hbond substituents is 1. The van der Waals surface area contributed by atoms with Crippen LogP contribution in [-0.4, -0.2) is 39.8 Å². The third-order valence-corrected chi connectivity index (χ3v) is 4.99. The predicted octanol–water partition coefficient (Wildman–Crippen LogP) is 4.89. The second kappa shape index (κ2) is 7.22. The van der Waals surface area contributed by atoms with Gasteiger partial charge in [-0.15, -0.1) is 0 Å². The minimum atomic E-state index is -0.682. The van der Waals surface area contributed by atoms with Crippen LogP contribution in [0.4, 0.5) is 4.39 Å². The summed E-state index contributed by atoms with van der Waals surface area (Å²) in [5.41, 5.74) is 3.56. The molecular weight excluding hydrogens is 393 g/mol. The summed E-state index contributed by atoms with van der Waals surface area (Å²) in [4.78, 5) is 13.6. The number of rotatable bonds is 3. The number of carbonyl (C=O) groups is 1. The zero-order valence-electron chi connectivity index (χ0n) is 15.7. The lowest BCUT2D eigenvalue weighted by Gasteiger charge is -2.12. The molecule has 1 amide bonds. The maximum absolute atomic E-state index is 13.3. The van der Waals surface area contributed by atoms with Crippen molar-refractivity contribution < 1.29 is 14.3 Å². The van der Waals surface area contributed by atoms with E-state index in [1.54, 1.807) is 43.2 Å². The van der Waals surface area contributed by atoms with E-state index < -0.39 is 11.6 Å². The van der Waals surface area contributed by atoms with Crippen molar-refractivity contribution in [2.24, 2.45) is 0 Å². The van der Waals surface area contributed by atoms with E-state index in [-0.39, 0.29) is 5.91 Å². The summed E-state index contributed by atoms with van der Waals surface area (Å²) in [5.74, 6) is -1.22. The number of hydrogen-bond donors (Lipinski definition) is 1. The number of nitrogens with zero attached hydrogens (tertiary/aromatic N) is 3. The topological polar surface area (TPSA) is 58.4 Å². The van der Waals surface area contributed by atoms with Crippen molar-refractivity contribution in [1.82, 2.24) is 14.7 Å². The van der Waals surface area contributed by atoms with Crippen LogP contribution >= 0.6 is 11.6 Å². The molecule has 0 aliphatic rings. The van der Waals surface area contributed by atoms with Crippen LogP contribution in [0.3, 0.4) is 0 Å². The van der Waals surface area contributed by atoms with Gasteiger partial charge in [-0.05, 0) is 42.0 Å². The highest BCUT2D eigenvalue weighted by molar-refractivity contribution is 6.33. The van der Waals surface area contributed by atoms with Crippen LogP contribution in [0.15, 0.2) is 60.8 Å². The highest BCUT2D eigenvalue weighted by Gasteiger charge is 2.13. The maximum atomic E-state index is 13.3. The van der Waals surface area contributed by atoms with Gasteiger partial charge in [0.05, 0.1) is 17.4 Å². The molecule has 0 radical (unpaired) electrons. The van der Waals surface area contributed by atoms with Gasteiger partial charge in [-0.1, -0.05) is 23.7 Å². The molecule has 146 valence electrons. The zero-order chi connectivity index (χ0) is 20.7. The molecular formula is C22H17ClFN3O2. The number of carbonyl (C=O) groups excluding carboxylic acids is 1. The molecule has 4 aromatic rings. The zero-order valence-corrected chi connectivity index (χ0v) is 16.5. The van der Waals surface area contributed by atoms with E-state index in [2.05, 4.69) is 5.10 Å². The molecule has 7 heteroatoms. The highest BCUT2D eigenvalue weighted by atomic mass is 35.5. The Bertz CT molecular complexity index is 1250. The summed E-state index contributed by atoms with van der Waals surface area (Å²) in [6.07, 6.45) is 1.69. The SMILES string of the molecule is CN(C)C(=O)c1ccc(-c2ccc3c(cnn3-c3ccc(F)c(O)c3)c2)c(Cl)c1. The van der Waals surface area contributed by atoms with Crippen LogP contribution in [0.2, 0.25) is 5.02 Å². The minimum absolute atomic E-state index is 0.113. The van der Waals surface area contributed by atoms with Crippen molar-refractivity contribution in [3.8, 4) is 22.6 Å². The van der Waals surface area contributed by atoms with Gasteiger partial charge in [-0.3, -0.25) is 4.79 Å². The molecule has 0 bridgehead atoms. The van der Waals surface area contributed by atoms with Crippen LogP contribution in [0.25, 0.3) is 27.7 Å². The molecule has 5 nitrogen and oxygen atoms in total. The fourth-order valence-electron chi connectivity index (χ4n) is 3.18. The number of aromatic hydroxyl groups is 1. The quantitative estimate of drug-likeness (QED) is 0.524. The van der Waals surface area contributed by atoms with Crippen LogP contribution < -0.4 is 0 Å². The number of benzene rings is 3. The van der Waals surface area contributed by atoms with Gasteiger partial charge >= 0.3 is 0 Å². The fraction of sp³-hybridized carbons (Fsp3) is 0.0909. The Morgan fingerprint density at radius 2 is 1.90 bits per heavy atom. The number of amides is 1. The first-order valence-electron chi connectivity index (χ1n) is 8.83. The van der Waals surface area contributed by atoms with Crippen LogP contribution in [0.5, 0.6) is 5.75 Å². The monoisotopic (exact) mass is 409 g/mol. The van der Waals surface area contributed by atoms with Crippen molar-refractivity contribution in [3.05, 3.63) is 77.2 Å². The molecule has 0 atom stereocenters. The predicted molar refractivity (Wildman–Crippen MR) is 111 cm³/mol. The Balaban J connectivity index is 1.74. The molecule has 0 saturated heterocycles. The molecule has 0 aliphatic heterocycles. The normalized spacial score (nSPS) is 11.0. The van der Waals surface area contributed by atoms with Crippen molar-refractivity contribution in [3.63, 3.8) is 0 Å². The highest BCUT2D eigenvalue weighted by Crippen LogP contribution is 2.32. The lowest BCUT2D eigenvalue weighted by Crippen LogP contribution is -2.21.